The molecule has 0 spiro atoms. The molecule has 0 radical (unpaired) electrons. The highest BCUT2D eigenvalue weighted by atomic mass is 79.9. The molecule has 0 aliphatic carbocycles. The Balaban J connectivity index is 1.59. The molecule has 4 rings (SSSR count). The maximum Gasteiger partial charge on any atom is 0.249 e. The Bertz CT molecular complexity index is 991. The number of amides is 1. The summed E-state index contributed by atoms with van der Waals surface area (Å²) in [5.74, 6) is -0.229. The molecular weight excluding hydrogens is 420 g/mol. The number of hydrogen-bond donors (Lipinski definition) is 0. The van der Waals surface area contributed by atoms with E-state index in [0.29, 0.717) is 34.3 Å². The highest BCUT2D eigenvalue weighted by Crippen LogP contribution is 2.34. The third-order valence-electron chi connectivity index (χ3n) is 4.51. The summed E-state index contributed by atoms with van der Waals surface area (Å²) in [5, 5.41) is 3.93. The number of nitrogens with zero attached hydrogens (tertiary/aromatic N) is 3. The first-order valence-corrected chi connectivity index (χ1v) is 9.13. The van der Waals surface area contributed by atoms with Crippen LogP contribution in [0.15, 0.2) is 51.5 Å². The molecule has 3 aromatic rings. The van der Waals surface area contributed by atoms with Crippen LogP contribution < -0.4 is 0 Å². The van der Waals surface area contributed by atoms with Crippen LogP contribution in [0.2, 0.25) is 0 Å². The molecule has 1 saturated heterocycles. The minimum Gasteiger partial charge on any atom is -0.337 e. The molecular formula is C19H14BrF2N3O2. The molecule has 1 unspecified atom stereocenters. The van der Waals surface area contributed by atoms with Crippen molar-refractivity contribution in [2.75, 3.05) is 0 Å². The summed E-state index contributed by atoms with van der Waals surface area (Å²) in [4.78, 5) is 18.2. The second-order valence-corrected chi connectivity index (χ2v) is 7.19. The third-order valence-corrected chi connectivity index (χ3v) is 5.01. The Labute approximate surface area is 162 Å². The summed E-state index contributed by atoms with van der Waals surface area (Å²) >= 11 is 3.22. The van der Waals surface area contributed by atoms with E-state index in [-0.39, 0.29) is 30.0 Å². The molecule has 138 valence electrons. The molecule has 5 nitrogen and oxygen atoms in total. The number of carbonyl (C=O) groups excluding carboxylic acids is 1. The SMILES string of the molecule is O=C1CCC(c2nc(-c3ccc(F)cc3)no2)N1Cc1ccc(Br)cc1F. The molecule has 1 aliphatic rings. The van der Waals surface area contributed by atoms with Crippen LogP contribution in [0.3, 0.4) is 0 Å². The van der Waals surface area contributed by atoms with Crippen molar-refractivity contribution in [2.45, 2.75) is 25.4 Å². The number of likely N-dealkylation sites (tertiary alicyclic amines) is 1. The normalized spacial score (nSPS) is 16.9. The molecule has 1 aliphatic heterocycles. The first-order chi connectivity index (χ1) is 13.0. The van der Waals surface area contributed by atoms with Gasteiger partial charge in [-0.25, -0.2) is 8.78 Å². The summed E-state index contributed by atoms with van der Waals surface area (Å²) in [5.41, 5.74) is 1.03. The van der Waals surface area contributed by atoms with Crippen LogP contribution in [-0.4, -0.2) is 20.9 Å². The van der Waals surface area contributed by atoms with Crippen molar-refractivity contribution in [3.63, 3.8) is 0 Å². The van der Waals surface area contributed by atoms with Gasteiger partial charge in [0.25, 0.3) is 0 Å². The Kier molecular flexibility index (Phi) is 4.73. The number of hydrogen-bond acceptors (Lipinski definition) is 4. The average molecular weight is 434 g/mol. The van der Waals surface area contributed by atoms with Gasteiger partial charge in [0.15, 0.2) is 0 Å². The lowest BCUT2D eigenvalue weighted by Crippen LogP contribution is -2.27. The first kappa shape index (κ1) is 17.8. The lowest BCUT2D eigenvalue weighted by molar-refractivity contribution is -0.130. The predicted molar refractivity (Wildman–Crippen MR) is 96.3 cm³/mol. The zero-order chi connectivity index (χ0) is 19.0. The van der Waals surface area contributed by atoms with E-state index in [2.05, 4.69) is 26.1 Å². The first-order valence-electron chi connectivity index (χ1n) is 8.34. The van der Waals surface area contributed by atoms with Crippen LogP contribution >= 0.6 is 15.9 Å². The van der Waals surface area contributed by atoms with E-state index in [1.54, 1.807) is 29.2 Å². The van der Waals surface area contributed by atoms with Crippen molar-refractivity contribution in [3.8, 4) is 11.4 Å². The topological polar surface area (TPSA) is 59.2 Å². The van der Waals surface area contributed by atoms with Crippen molar-refractivity contribution >= 4 is 21.8 Å². The van der Waals surface area contributed by atoms with E-state index >= 15 is 0 Å². The predicted octanol–water partition coefficient (Wildman–Crippen LogP) is 4.64. The zero-order valence-electron chi connectivity index (χ0n) is 14.0. The fraction of sp³-hybridized carbons (Fsp3) is 0.211. The van der Waals surface area contributed by atoms with Gasteiger partial charge >= 0.3 is 0 Å². The quantitative estimate of drug-likeness (QED) is 0.601. The Hall–Kier alpha value is -2.61. The highest BCUT2D eigenvalue weighted by molar-refractivity contribution is 9.10. The van der Waals surface area contributed by atoms with Crippen LogP contribution in [0, 0.1) is 11.6 Å². The van der Waals surface area contributed by atoms with Crippen LogP contribution in [0.1, 0.15) is 30.3 Å². The lowest BCUT2D eigenvalue weighted by atomic mass is 10.1. The van der Waals surface area contributed by atoms with Crippen molar-refractivity contribution < 1.29 is 18.1 Å². The van der Waals surface area contributed by atoms with E-state index in [9.17, 15) is 13.6 Å². The van der Waals surface area contributed by atoms with Crippen LogP contribution in [-0.2, 0) is 11.3 Å². The van der Waals surface area contributed by atoms with Crippen LogP contribution in [0.4, 0.5) is 8.78 Å². The molecule has 1 atom stereocenters. The molecule has 2 heterocycles. The minimum absolute atomic E-state index is 0.0937. The maximum absolute atomic E-state index is 14.2. The number of carbonyl (C=O) groups is 1. The number of benzene rings is 2. The second kappa shape index (κ2) is 7.19. The highest BCUT2D eigenvalue weighted by Gasteiger charge is 2.36. The fourth-order valence-corrected chi connectivity index (χ4v) is 3.44. The van der Waals surface area contributed by atoms with E-state index in [0.717, 1.165) is 0 Å². The standard InChI is InChI=1S/C19H14BrF2N3O2/c20-13-4-1-12(15(22)9-13)10-25-16(7-8-17(25)26)19-23-18(24-27-19)11-2-5-14(21)6-3-11/h1-6,9,16H,7-8,10H2. The summed E-state index contributed by atoms with van der Waals surface area (Å²) < 4.78 is 33.2. The number of rotatable bonds is 4. The number of halogens is 3. The van der Waals surface area contributed by atoms with Gasteiger partial charge in [0.1, 0.15) is 17.7 Å². The maximum atomic E-state index is 14.2. The monoisotopic (exact) mass is 433 g/mol. The van der Waals surface area contributed by atoms with Gasteiger partial charge in [0.2, 0.25) is 17.6 Å². The molecule has 0 saturated carbocycles. The van der Waals surface area contributed by atoms with E-state index in [1.807, 2.05) is 0 Å². The van der Waals surface area contributed by atoms with Gasteiger partial charge in [-0.3, -0.25) is 4.79 Å². The van der Waals surface area contributed by atoms with Crippen LogP contribution in [0.5, 0.6) is 0 Å². The third kappa shape index (κ3) is 3.62. The molecule has 1 aromatic heterocycles. The van der Waals surface area contributed by atoms with E-state index in [4.69, 9.17) is 4.52 Å². The molecule has 27 heavy (non-hydrogen) atoms. The Morgan fingerprint density at radius 2 is 1.96 bits per heavy atom. The van der Waals surface area contributed by atoms with Gasteiger partial charge < -0.3 is 9.42 Å². The summed E-state index contributed by atoms with van der Waals surface area (Å²) in [6, 6.07) is 10.1. The molecule has 0 bridgehead atoms. The van der Waals surface area contributed by atoms with Gasteiger partial charge in [-0.1, -0.05) is 27.2 Å². The van der Waals surface area contributed by atoms with Crippen LogP contribution in [0.25, 0.3) is 11.4 Å². The van der Waals surface area contributed by atoms with Crippen molar-refractivity contribution in [1.82, 2.24) is 15.0 Å². The van der Waals surface area contributed by atoms with E-state index < -0.39 is 6.04 Å². The fourth-order valence-electron chi connectivity index (χ4n) is 3.11. The second-order valence-electron chi connectivity index (χ2n) is 6.27. The van der Waals surface area contributed by atoms with Gasteiger partial charge in [-0.15, -0.1) is 0 Å². The smallest absolute Gasteiger partial charge is 0.249 e. The average Bonchev–Trinajstić information content (AvgIpc) is 3.25. The van der Waals surface area contributed by atoms with Crippen molar-refractivity contribution in [3.05, 3.63) is 70.0 Å². The number of aromatic nitrogens is 2. The van der Waals surface area contributed by atoms with Gasteiger partial charge in [0, 0.05) is 28.6 Å². The lowest BCUT2D eigenvalue weighted by Gasteiger charge is -2.22. The summed E-state index contributed by atoms with van der Waals surface area (Å²) in [6.07, 6.45) is 0.846. The summed E-state index contributed by atoms with van der Waals surface area (Å²) in [6.45, 7) is 0.122. The molecule has 1 amide bonds. The minimum atomic E-state index is -0.415. The Morgan fingerprint density at radius 1 is 1.19 bits per heavy atom. The van der Waals surface area contributed by atoms with Crippen molar-refractivity contribution in [1.29, 1.82) is 0 Å². The van der Waals surface area contributed by atoms with Gasteiger partial charge in [0.05, 0.1) is 0 Å². The largest absolute Gasteiger partial charge is 0.337 e. The summed E-state index contributed by atoms with van der Waals surface area (Å²) in [7, 11) is 0. The zero-order valence-corrected chi connectivity index (χ0v) is 15.6. The molecule has 8 heteroatoms. The molecule has 1 fully saturated rings. The van der Waals surface area contributed by atoms with Gasteiger partial charge in [-0.2, -0.15) is 4.98 Å². The molecule has 0 N–H and O–H groups in total. The van der Waals surface area contributed by atoms with E-state index in [1.165, 1.54) is 18.2 Å². The molecule has 2 aromatic carbocycles. The van der Waals surface area contributed by atoms with Crippen molar-refractivity contribution in [2.24, 2.45) is 0 Å². The van der Waals surface area contributed by atoms with Gasteiger partial charge in [-0.05, 0) is 42.8 Å². The Morgan fingerprint density at radius 3 is 2.70 bits per heavy atom.